The average Bonchev–Trinajstić information content (AvgIpc) is 2.86. The second-order valence-electron chi connectivity index (χ2n) is 11.8. The predicted molar refractivity (Wildman–Crippen MR) is 161 cm³/mol. The Morgan fingerprint density at radius 3 is 2.39 bits per heavy atom. The first-order valence-corrected chi connectivity index (χ1v) is 15.5. The molecule has 1 amide bonds. The number of allylic oxidation sites excluding steroid dienone is 1. The van der Waals surface area contributed by atoms with E-state index >= 15 is 0 Å². The van der Waals surface area contributed by atoms with Gasteiger partial charge in [0.1, 0.15) is 23.6 Å². The average molecular weight is 582 g/mol. The Labute approximate surface area is 244 Å². The SMILES string of the molecule is CC(C)C.CCCCC(CCC)[N+]1=C(C)C(Nc2ncc(C(F)(F)F)c(NCCCNC(=O)C3CCC3)n2)=CCC1. The molecule has 0 bridgehead atoms. The van der Waals surface area contributed by atoms with Crippen LogP contribution in [-0.2, 0) is 11.0 Å². The van der Waals surface area contributed by atoms with Gasteiger partial charge in [0, 0.05) is 51.4 Å². The van der Waals surface area contributed by atoms with Gasteiger partial charge in [0.25, 0.3) is 0 Å². The quantitative estimate of drug-likeness (QED) is 0.157. The molecule has 0 aromatic carbocycles. The molecule has 1 aliphatic carbocycles. The fraction of sp³-hybridized carbons (Fsp3) is 0.742. The summed E-state index contributed by atoms with van der Waals surface area (Å²) in [5.41, 5.74) is 1.01. The van der Waals surface area contributed by atoms with E-state index < -0.39 is 11.7 Å². The number of rotatable bonds is 14. The Hall–Kier alpha value is -2.65. The maximum absolute atomic E-state index is 13.6. The van der Waals surface area contributed by atoms with Crippen molar-refractivity contribution >= 4 is 23.4 Å². The van der Waals surface area contributed by atoms with Crippen molar-refractivity contribution in [2.75, 3.05) is 30.3 Å². The Morgan fingerprint density at radius 2 is 1.80 bits per heavy atom. The second-order valence-corrected chi connectivity index (χ2v) is 11.8. The van der Waals surface area contributed by atoms with E-state index in [0.717, 1.165) is 81.4 Å². The van der Waals surface area contributed by atoms with Crippen LogP contribution in [0.25, 0.3) is 0 Å². The molecule has 41 heavy (non-hydrogen) atoms. The molecule has 1 saturated carbocycles. The van der Waals surface area contributed by atoms with Gasteiger partial charge in [0.05, 0.1) is 0 Å². The van der Waals surface area contributed by atoms with Crippen molar-refractivity contribution in [3.63, 3.8) is 0 Å². The highest BCUT2D eigenvalue weighted by molar-refractivity contribution is 5.97. The van der Waals surface area contributed by atoms with Crippen molar-refractivity contribution in [2.45, 2.75) is 118 Å². The predicted octanol–water partition coefficient (Wildman–Crippen LogP) is 7.41. The number of hydrogen-bond acceptors (Lipinski definition) is 5. The third kappa shape index (κ3) is 11.6. The Balaban J connectivity index is 0.00000138. The van der Waals surface area contributed by atoms with Crippen LogP contribution < -0.4 is 16.0 Å². The molecule has 3 rings (SSSR count). The Morgan fingerprint density at radius 1 is 1.10 bits per heavy atom. The zero-order chi connectivity index (χ0) is 30.4. The Bertz CT molecular complexity index is 1010. The highest BCUT2D eigenvalue weighted by atomic mass is 19.4. The highest BCUT2D eigenvalue weighted by Gasteiger charge is 2.35. The maximum Gasteiger partial charge on any atom is 0.421 e. The molecule has 232 valence electrons. The molecule has 1 aromatic rings. The van der Waals surface area contributed by atoms with Crippen molar-refractivity contribution in [3.8, 4) is 0 Å². The molecule has 3 N–H and O–H groups in total. The van der Waals surface area contributed by atoms with Gasteiger partial charge in [-0.25, -0.2) is 9.56 Å². The first-order chi connectivity index (χ1) is 19.5. The smallest absolute Gasteiger partial charge is 0.369 e. The molecule has 1 atom stereocenters. The van der Waals surface area contributed by atoms with Gasteiger partial charge in [-0.15, -0.1) is 0 Å². The lowest BCUT2D eigenvalue weighted by molar-refractivity contribution is -0.568. The molecule has 0 radical (unpaired) electrons. The van der Waals surface area contributed by atoms with Crippen LogP contribution in [0.3, 0.4) is 0 Å². The lowest BCUT2D eigenvalue weighted by Crippen LogP contribution is -2.36. The van der Waals surface area contributed by atoms with Crippen molar-refractivity contribution in [1.29, 1.82) is 0 Å². The van der Waals surface area contributed by atoms with Gasteiger partial charge < -0.3 is 16.0 Å². The zero-order valence-electron chi connectivity index (χ0n) is 26.0. The molecular weight excluding hydrogens is 529 g/mol. The second kappa shape index (κ2) is 17.3. The normalized spacial score (nSPS) is 16.4. The number of unbranched alkanes of at least 4 members (excludes halogenated alkanes) is 1. The minimum Gasteiger partial charge on any atom is -0.369 e. The summed E-state index contributed by atoms with van der Waals surface area (Å²) in [6.07, 6.45) is 8.22. The molecular formula is C31H52F3N6O+. The van der Waals surface area contributed by atoms with Crippen LogP contribution in [0, 0.1) is 11.8 Å². The monoisotopic (exact) mass is 581 g/mol. The van der Waals surface area contributed by atoms with Crippen molar-refractivity contribution in [1.82, 2.24) is 15.3 Å². The van der Waals surface area contributed by atoms with Gasteiger partial charge in [-0.05, 0) is 44.1 Å². The largest absolute Gasteiger partial charge is 0.421 e. The van der Waals surface area contributed by atoms with Crippen LogP contribution in [0.5, 0.6) is 0 Å². The number of aromatic nitrogens is 2. The van der Waals surface area contributed by atoms with E-state index in [1.807, 2.05) is 6.92 Å². The molecule has 1 fully saturated rings. The minimum absolute atomic E-state index is 0.0352. The molecule has 2 aliphatic rings. The molecule has 7 nitrogen and oxygen atoms in total. The van der Waals surface area contributed by atoms with Gasteiger partial charge in [-0.1, -0.05) is 47.5 Å². The van der Waals surface area contributed by atoms with Crippen LogP contribution in [0.4, 0.5) is 24.9 Å². The van der Waals surface area contributed by atoms with Crippen LogP contribution in [0.1, 0.15) is 111 Å². The van der Waals surface area contributed by atoms with E-state index in [4.69, 9.17) is 0 Å². The fourth-order valence-corrected chi connectivity index (χ4v) is 4.87. The third-order valence-electron chi connectivity index (χ3n) is 7.25. The van der Waals surface area contributed by atoms with Gasteiger partial charge in [0.15, 0.2) is 11.8 Å². The lowest BCUT2D eigenvalue weighted by atomic mass is 9.85. The summed E-state index contributed by atoms with van der Waals surface area (Å²) in [6.45, 7) is 14.5. The number of alkyl halides is 3. The zero-order valence-corrected chi connectivity index (χ0v) is 26.0. The number of nitrogens with one attached hydrogen (secondary N) is 3. The molecule has 0 spiro atoms. The van der Waals surface area contributed by atoms with E-state index in [-0.39, 0.29) is 30.1 Å². The third-order valence-corrected chi connectivity index (χ3v) is 7.25. The standard InChI is InChI=1S/C27H41F3N6O.C4H10/c1-4-6-13-21(10-5-2)36-17-8-14-23(19(36)3)34-26-33-18-22(27(28,29)30)24(35-26)31-15-9-16-32-25(37)20-11-7-12-20;1-4(2)3/h14,18,20-21H,4-13,15-17H2,1-3H3,(H2-,31,32,33,34,35,37);4H,1-3H3/p+1. The number of hydrogen-bond donors (Lipinski definition) is 3. The van der Waals surface area contributed by atoms with E-state index in [1.54, 1.807) is 0 Å². The van der Waals surface area contributed by atoms with Crippen molar-refractivity contribution < 1.29 is 22.5 Å². The molecule has 10 heteroatoms. The maximum atomic E-state index is 13.6. The summed E-state index contributed by atoms with van der Waals surface area (Å²) in [7, 11) is 0. The van der Waals surface area contributed by atoms with Crippen LogP contribution in [0.2, 0.25) is 0 Å². The number of amides is 1. The number of carbonyl (C=O) groups is 1. The number of halogens is 3. The van der Waals surface area contributed by atoms with Gasteiger partial charge in [-0.2, -0.15) is 18.2 Å². The van der Waals surface area contributed by atoms with Crippen molar-refractivity contribution in [2.24, 2.45) is 11.8 Å². The van der Waals surface area contributed by atoms with Crippen molar-refractivity contribution in [3.05, 3.63) is 23.5 Å². The van der Waals surface area contributed by atoms with Crippen LogP contribution in [-0.4, -0.2) is 51.8 Å². The van der Waals surface area contributed by atoms with Crippen LogP contribution >= 0.6 is 0 Å². The van der Waals surface area contributed by atoms with Gasteiger partial charge >= 0.3 is 6.18 Å². The van der Waals surface area contributed by atoms with Gasteiger partial charge in [-0.3, -0.25) is 4.79 Å². The molecule has 0 saturated heterocycles. The molecule has 1 aliphatic heterocycles. The summed E-state index contributed by atoms with van der Waals surface area (Å²) in [5, 5.41) is 8.84. The molecule has 1 unspecified atom stereocenters. The summed E-state index contributed by atoms with van der Waals surface area (Å²) in [5.74, 6) is 0.831. The molecule has 1 aromatic heterocycles. The lowest BCUT2D eigenvalue weighted by Gasteiger charge is -2.24. The number of anilines is 2. The summed E-state index contributed by atoms with van der Waals surface area (Å²) in [6, 6.07) is 0.450. The van der Waals surface area contributed by atoms with Crippen LogP contribution in [0.15, 0.2) is 18.0 Å². The van der Waals surface area contributed by atoms with E-state index in [2.05, 4.69) is 71.2 Å². The van der Waals surface area contributed by atoms with E-state index in [1.165, 1.54) is 6.42 Å². The fourth-order valence-electron chi connectivity index (χ4n) is 4.87. The summed E-state index contributed by atoms with van der Waals surface area (Å²) < 4.78 is 43.3. The summed E-state index contributed by atoms with van der Waals surface area (Å²) >= 11 is 0. The topological polar surface area (TPSA) is 82.0 Å². The minimum atomic E-state index is -4.57. The summed E-state index contributed by atoms with van der Waals surface area (Å²) in [4.78, 5) is 20.1. The number of nitrogens with zero attached hydrogens (tertiary/aromatic N) is 3. The Kier molecular flexibility index (Phi) is 14.6. The molecule has 2 heterocycles. The number of carbonyl (C=O) groups excluding carboxylic acids is 1. The highest BCUT2D eigenvalue weighted by Crippen LogP contribution is 2.34. The van der Waals surface area contributed by atoms with Gasteiger partial charge in [0.2, 0.25) is 11.9 Å². The van der Waals surface area contributed by atoms with E-state index in [0.29, 0.717) is 19.0 Å². The first-order valence-electron chi connectivity index (χ1n) is 15.5. The first kappa shape index (κ1) is 34.6. The van der Waals surface area contributed by atoms with E-state index in [9.17, 15) is 18.0 Å².